The van der Waals surface area contributed by atoms with Gasteiger partial charge in [-0.15, -0.1) is 11.3 Å². The second kappa shape index (κ2) is 9.04. The second-order valence-corrected chi connectivity index (χ2v) is 7.32. The van der Waals surface area contributed by atoms with E-state index in [2.05, 4.69) is 31.8 Å². The van der Waals surface area contributed by atoms with Crippen LogP contribution < -0.4 is 0 Å². The van der Waals surface area contributed by atoms with Crippen LogP contribution in [-0.2, 0) is 0 Å². The first-order chi connectivity index (χ1) is 9.90. The summed E-state index contributed by atoms with van der Waals surface area (Å²) in [6.07, 6.45) is 7.96. The molecule has 0 saturated heterocycles. The normalized spacial score (nSPS) is 13.7. The number of rotatable bonds is 8. The maximum absolute atomic E-state index is 10.2. The third kappa shape index (κ3) is 6.94. The van der Waals surface area contributed by atoms with Crippen LogP contribution in [0.25, 0.3) is 5.76 Å². The lowest BCUT2D eigenvalue weighted by molar-refractivity contribution is 0.501. The monoisotopic (exact) mass is 307 g/mol. The highest BCUT2D eigenvalue weighted by atomic mass is 32.1. The molecule has 1 aromatic rings. The molecular formula is C18H29NOS. The van der Waals surface area contributed by atoms with Crippen molar-refractivity contribution < 1.29 is 5.11 Å². The molecule has 0 aromatic carbocycles. The molecule has 2 nitrogen and oxygen atoms in total. The molecule has 0 saturated carbocycles. The van der Waals surface area contributed by atoms with E-state index >= 15 is 0 Å². The van der Waals surface area contributed by atoms with Crippen LogP contribution in [-0.4, -0.2) is 10.1 Å². The molecule has 1 heterocycles. The smallest absolute Gasteiger partial charge is 0.140 e. The Labute approximate surface area is 133 Å². The summed E-state index contributed by atoms with van der Waals surface area (Å²) in [5.41, 5.74) is 3.20. The molecule has 0 bridgehead atoms. The fraction of sp³-hybridized carbons (Fsp3) is 0.611. The Kier molecular flexibility index (Phi) is 7.73. The fourth-order valence-electron chi connectivity index (χ4n) is 2.24. The third-order valence-corrected chi connectivity index (χ3v) is 4.40. The zero-order valence-corrected chi connectivity index (χ0v) is 14.9. The van der Waals surface area contributed by atoms with Crippen molar-refractivity contribution in [3.8, 4) is 0 Å². The number of hydrogen-bond acceptors (Lipinski definition) is 3. The van der Waals surface area contributed by atoms with Gasteiger partial charge in [0, 0.05) is 5.38 Å². The maximum atomic E-state index is 10.2. The summed E-state index contributed by atoms with van der Waals surface area (Å²) in [7, 11) is 0. The molecule has 0 fully saturated rings. The van der Waals surface area contributed by atoms with Gasteiger partial charge < -0.3 is 5.11 Å². The number of aryl methyl sites for hydroxylation is 1. The van der Waals surface area contributed by atoms with Gasteiger partial charge in [-0.2, -0.15) is 0 Å². The van der Waals surface area contributed by atoms with Gasteiger partial charge in [0.15, 0.2) is 0 Å². The highest BCUT2D eigenvalue weighted by Crippen LogP contribution is 2.21. The minimum atomic E-state index is 0.352. The lowest BCUT2D eigenvalue weighted by Gasteiger charge is -2.06. The number of hydrogen-bond donors (Lipinski definition) is 1. The molecule has 1 N–H and O–H groups in total. The fourth-order valence-corrected chi connectivity index (χ4v) is 2.83. The van der Waals surface area contributed by atoms with Crippen molar-refractivity contribution in [2.24, 2.45) is 5.92 Å². The average molecular weight is 308 g/mol. The lowest BCUT2D eigenvalue weighted by atomic mass is 10.0. The molecule has 0 radical (unpaired) electrons. The summed E-state index contributed by atoms with van der Waals surface area (Å²) in [6.45, 7) is 10.7. The van der Waals surface area contributed by atoms with E-state index in [-0.39, 0.29) is 0 Å². The van der Waals surface area contributed by atoms with E-state index in [1.54, 1.807) is 11.3 Å². The SMILES string of the molecule is CC(=CCCC(C)=C(O)c1csc(C)n1)CCCC(C)C. The van der Waals surface area contributed by atoms with E-state index in [4.69, 9.17) is 0 Å². The molecule has 0 atom stereocenters. The van der Waals surface area contributed by atoms with Crippen LogP contribution in [0.15, 0.2) is 22.6 Å². The summed E-state index contributed by atoms with van der Waals surface area (Å²) in [4.78, 5) is 4.33. The zero-order valence-electron chi connectivity index (χ0n) is 14.1. The molecule has 0 aliphatic heterocycles. The average Bonchev–Trinajstić information content (AvgIpc) is 2.84. The van der Waals surface area contributed by atoms with Gasteiger partial charge in [0.05, 0.1) is 5.01 Å². The maximum Gasteiger partial charge on any atom is 0.140 e. The molecule has 1 rings (SSSR count). The number of thiazole rings is 1. The van der Waals surface area contributed by atoms with Gasteiger partial charge in [0.1, 0.15) is 11.5 Å². The van der Waals surface area contributed by atoms with E-state index in [1.165, 1.54) is 24.8 Å². The Morgan fingerprint density at radius 3 is 2.62 bits per heavy atom. The van der Waals surface area contributed by atoms with Crippen LogP contribution in [0.3, 0.4) is 0 Å². The second-order valence-electron chi connectivity index (χ2n) is 6.26. The molecule has 0 spiro atoms. The van der Waals surface area contributed by atoms with Crippen LogP contribution in [0.1, 0.15) is 70.5 Å². The Bertz CT molecular complexity index is 497. The molecule has 118 valence electrons. The molecule has 3 heteroatoms. The largest absolute Gasteiger partial charge is 0.506 e. The summed E-state index contributed by atoms with van der Waals surface area (Å²) < 4.78 is 0. The van der Waals surface area contributed by atoms with E-state index in [0.29, 0.717) is 11.5 Å². The summed E-state index contributed by atoms with van der Waals surface area (Å²) in [5.74, 6) is 1.15. The first-order valence-electron chi connectivity index (χ1n) is 7.87. The van der Waals surface area contributed by atoms with Crippen LogP contribution in [0.2, 0.25) is 0 Å². The standard InChI is InChI=1S/C18H29NOS/c1-13(2)8-6-9-14(3)10-7-11-15(4)18(20)17-12-21-16(5)19-17/h10,12-13,20H,6-9,11H2,1-5H3. The van der Waals surface area contributed by atoms with Crippen molar-refractivity contribution in [3.05, 3.63) is 33.3 Å². The summed E-state index contributed by atoms with van der Waals surface area (Å²) in [6, 6.07) is 0. The Hall–Kier alpha value is -1.09. The van der Waals surface area contributed by atoms with E-state index in [1.807, 2.05) is 19.2 Å². The van der Waals surface area contributed by atoms with Gasteiger partial charge in [-0.3, -0.25) is 0 Å². The number of aromatic nitrogens is 1. The molecular weight excluding hydrogens is 278 g/mol. The highest BCUT2D eigenvalue weighted by Gasteiger charge is 2.07. The van der Waals surface area contributed by atoms with E-state index in [9.17, 15) is 5.11 Å². The lowest BCUT2D eigenvalue weighted by Crippen LogP contribution is -1.90. The number of allylic oxidation sites excluding steroid dienone is 3. The summed E-state index contributed by atoms with van der Waals surface area (Å²) >= 11 is 1.57. The van der Waals surface area contributed by atoms with Gasteiger partial charge in [-0.1, -0.05) is 31.9 Å². The minimum Gasteiger partial charge on any atom is -0.506 e. The molecule has 0 unspecified atom stereocenters. The quantitative estimate of drug-likeness (QED) is 0.452. The minimum absolute atomic E-state index is 0.352. The van der Waals surface area contributed by atoms with Gasteiger partial charge in [0.2, 0.25) is 0 Å². The van der Waals surface area contributed by atoms with Crippen molar-refractivity contribution >= 4 is 17.1 Å². The Balaban J connectivity index is 2.43. The predicted octanol–water partition coefficient (Wildman–Crippen LogP) is 6.29. The first-order valence-corrected chi connectivity index (χ1v) is 8.75. The highest BCUT2D eigenvalue weighted by molar-refractivity contribution is 7.09. The molecule has 1 aromatic heterocycles. The number of nitrogens with zero attached hydrogens (tertiary/aromatic N) is 1. The van der Waals surface area contributed by atoms with Gasteiger partial charge >= 0.3 is 0 Å². The van der Waals surface area contributed by atoms with Crippen molar-refractivity contribution in [3.63, 3.8) is 0 Å². The predicted molar refractivity (Wildman–Crippen MR) is 93.8 cm³/mol. The van der Waals surface area contributed by atoms with Crippen LogP contribution in [0, 0.1) is 12.8 Å². The first kappa shape index (κ1) is 18.0. The topological polar surface area (TPSA) is 33.1 Å². The number of aliphatic hydroxyl groups is 1. The molecule has 0 amide bonds. The van der Waals surface area contributed by atoms with Gasteiger partial charge in [-0.05, 0) is 57.9 Å². The Morgan fingerprint density at radius 1 is 1.33 bits per heavy atom. The van der Waals surface area contributed by atoms with Gasteiger partial charge in [0.25, 0.3) is 0 Å². The molecule has 21 heavy (non-hydrogen) atoms. The van der Waals surface area contributed by atoms with Gasteiger partial charge in [-0.25, -0.2) is 4.98 Å². The van der Waals surface area contributed by atoms with Crippen molar-refractivity contribution in [1.82, 2.24) is 4.98 Å². The molecule has 0 aliphatic carbocycles. The van der Waals surface area contributed by atoms with Crippen molar-refractivity contribution in [2.45, 2.75) is 66.7 Å². The number of aliphatic hydroxyl groups excluding tert-OH is 1. The van der Waals surface area contributed by atoms with Crippen molar-refractivity contribution in [1.29, 1.82) is 0 Å². The molecule has 0 aliphatic rings. The Morgan fingerprint density at radius 2 is 2.05 bits per heavy atom. The van der Waals surface area contributed by atoms with E-state index < -0.39 is 0 Å². The van der Waals surface area contributed by atoms with Crippen molar-refractivity contribution in [2.75, 3.05) is 0 Å². The summed E-state index contributed by atoms with van der Waals surface area (Å²) in [5, 5.41) is 13.1. The van der Waals surface area contributed by atoms with Crippen LogP contribution >= 0.6 is 11.3 Å². The van der Waals surface area contributed by atoms with Crippen LogP contribution in [0.4, 0.5) is 0 Å². The van der Waals surface area contributed by atoms with Crippen LogP contribution in [0.5, 0.6) is 0 Å². The third-order valence-electron chi connectivity index (χ3n) is 3.63. The van der Waals surface area contributed by atoms with E-state index in [0.717, 1.165) is 29.3 Å². The zero-order chi connectivity index (χ0) is 15.8.